The lowest BCUT2D eigenvalue weighted by Crippen LogP contribution is -2.36. The van der Waals surface area contributed by atoms with Crippen LogP contribution in [0.4, 0.5) is 0 Å². The van der Waals surface area contributed by atoms with Gasteiger partial charge in [0.15, 0.2) is 5.96 Å². The van der Waals surface area contributed by atoms with Crippen LogP contribution in [0, 0.1) is 6.92 Å². The minimum atomic E-state index is -0.00522. The SMILES string of the molecule is CCOCCOc1cc(C)ccc1CNC(=NC)NCc1ccc(C(=O)N(C)C)cc1. The number of carbonyl (C=O) groups is 1. The molecule has 0 fully saturated rings. The highest BCUT2D eigenvalue weighted by atomic mass is 16.5. The molecule has 1 amide bonds. The normalized spacial score (nSPS) is 11.2. The Hall–Kier alpha value is -3.06. The maximum absolute atomic E-state index is 12.0. The maximum atomic E-state index is 12.0. The minimum absolute atomic E-state index is 0.00522. The maximum Gasteiger partial charge on any atom is 0.253 e. The minimum Gasteiger partial charge on any atom is -0.491 e. The molecule has 0 aliphatic heterocycles. The molecule has 0 saturated carbocycles. The predicted octanol–water partition coefficient (Wildman–Crippen LogP) is 2.98. The Bertz CT molecular complexity index is 864. The highest BCUT2D eigenvalue weighted by Crippen LogP contribution is 2.20. The van der Waals surface area contributed by atoms with Gasteiger partial charge in [0.25, 0.3) is 5.91 Å². The lowest BCUT2D eigenvalue weighted by atomic mass is 10.1. The molecule has 0 radical (unpaired) electrons. The largest absolute Gasteiger partial charge is 0.491 e. The fraction of sp³-hybridized carbons (Fsp3) is 0.417. The molecular formula is C24H34N4O3. The van der Waals surface area contributed by atoms with Gasteiger partial charge in [-0.15, -0.1) is 0 Å². The number of benzene rings is 2. The third-order valence-electron chi connectivity index (χ3n) is 4.65. The smallest absolute Gasteiger partial charge is 0.253 e. The summed E-state index contributed by atoms with van der Waals surface area (Å²) in [5.74, 6) is 1.53. The fourth-order valence-corrected chi connectivity index (χ4v) is 2.91. The van der Waals surface area contributed by atoms with Crippen molar-refractivity contribution in [3.63, 3.8) is 0 Å². The molecule has 2 aromatic rings. The van der Waals surface area contributed by atoms with Crippen molar-refractivity contribution in [3.05, 3.63) is 64.7 Å². The molecule has 0 spiro atoms. The van der Waals surface area contributed by atoms with Crippen LogP contribution in [-0.4, -0.2) is 57.7 Å². The zero-order chi connectivity index (χ0) is 22.6. The highest BCUT2D eigenvalue weighted by molar-refractivity contribution is 5.93. The molecule has 7 heteroatoms. The van der Waals surface area contributed by atoms with E-state index in [0.29, 0.717) is 44.4 Å². The number of ether oxygens (including phenoxy) is 2. The first kappa shape index (κ1) is 24.2. The van der Waals surface area contributed by atoms with E-state index in [1.165, 1.54) is 0 Å². The monoisotopic (exact) mass is 426 g/mol. The predicted molar refractivity (Wildman–Crippen MR) is 125 cm³/mol. The molecule has 0 bridgehead atoms. The van der Waals surface area contributed by atoms with Crippen LogP contribution in [0.5, 0.6) is 5.75 Å². The topological polar surface area (TPSA) is 75.2 Å². The molecule has 0 aliphatic rings. The number of aryl methyl sites for hydroxylation is 1. The van der Waals surface area contributed by atoms with Gasteiger partial charge in [-0.05, 0) is 43.2 Å². The van der Waals surface area contributed by atoms with E-state index in [2.05, 4.69) is 27.8 Å². The Labute approximate surface area is 185 Å². The summed E-state index contributed by atoms with van der Waals surface area (Å²) in [5.41, 5.74) is 3.94. The van der Waals surface area contributed by atoms with Gasteiger partial charge in [-0.25, -0.2) is 0 Å². The summed E-state index contributed by atoms with van der Waals surface area (Å²) in [6.45, 7) is 6.97. The van der Waals surface area contributed by atoms with Crippen LogP contribution in [0.1, 0.15) is 34.0 Å². The summed E-state index contributed by atoms with van der Waals surface area (Å²) in [6, 6.07) is 13.7. The number of hydrogen-bond acceptors (Lipinski definition) is 4. The van der Waals surface area contributed by atoms with E-state index >= 15 is 0 Å². The Morgan fingerprint density at radius 2 is 1.74 bits per heavy atom. The first-order valence-corrected chi connectivity index (χ1v) is 10.5. The summed E-state index contributed by atoms with van der Waals surface area (Å²) in [5, 5.41) is 6.63. The van der Waals surface area contributed by atoms with Gasteiger partial charge in [-0.3, -0.25) is 9.79 Å². The van der Waals surface area contributed by atoms with Crippen LogP contribution in [-0.2, 0) is 17.8 Å². The number of hydrogen-bond donors (Lipinski definition) is 2. The average molecular weight is 427 g/mol. The van der Waals surface area contributed by atoms with Crippen LogP contribution < -0.4 is 15.4 Å². The summed E-state index contributed by atoms with van der Waals surface area (Å²) in [7, 11) is 5.23. The molecule has 0 unspecified atom stereocenters. The van der Waals surface area contributed by atoms with E-state index in [1.807, 2.05) is 44.2 Å². The number of rotatable bonds is 10. The van der Waals surface area contributed by atoms with Gasteiger partial charge in [-0.1, -0.05) is 24.3 Å². The van der Waals surface area contributed by atoms with Crippen LogP contribution >= 0.6 is 0 Å². The summed E-state index contributed by atoms with van der Waals surface area (Å²) in [6.07, 6.45) is 0. The van der Waals surface area contributed by atoms with Crippen molar-refractivity contribution < 1.29 is 14.3 Å². The number of aliphatic imine (C=N–C) groups is 1. The Kier molecular flexibility index (Phi) is 9.84. The van der Waals surface area contributed by atoms with Crippen molar-refractivity contribution in [1.29, 1.82) is 0 Å². The molecule has 0 aliphatic carbocycles. The van der Waals surface area contributed by atoms with Gasteiger partial charge in [0.2, 0.25) is 0 Å². The average Bonchev–Trinajstić information content (AvgIpc) is 2.77. The lowest BCUT2D eigenvalue weighted by Gasteiger charge is -2.16. The van der Waals surface area contributed by atoms with Gasteiger partial charge >= 0.3 is 0 Å². The quantitative estimate of drug-likeness (QED) is 0.347. The van der Waals surface area contributed by atoms with Crippen LogP contribution in [0.25, 0.3) is 0 Å². The van der Waals surface area contributed by atoms with Crippen LogP contribution in [0.3, 0.4) is 0 Å². The zero-order valence-corrected chi connectivity index (χ0v) is 19.2. The van der Waals surface area contributed by atoms with E-state index in [4.69, 9.17) is 9.47 Å². The molecule has 31 heavy (non-hydrogen) atoms. The number of nitrogens with one attached hydrogen (secondary N) is 2. The van der Waals surface area contributed by atoms with E-state index in [0.717, 1.165) is 22.4 Å². The Balaban J connectivity index is 1.90. The molecule has 0 saturated heterocycles. The molecule has 2 N–H and O–H groups in total. The summed E-state index contributed by atoms with van der Waals surface area (Å²) >= 11 is 0. The van der Waals surface area contributed by atoms with Crippen molar-refractivity contribution in [2.75, 3.05) is 41.0 Å². The van der Waals surface area contributed by atoms with Crippen molar-refractivity contribution in [2.24, 2.45) is 4.99 Å². The van der Waals surface area contributed by atoms with E-state index in [-0.39, 0.29) is 5.91 Å². The number of carbonyl (C=O) groups excluding carboxylic acids is 1. The summed E-state index contributed by atoms with van der Waals surface area (Å²) in [4.78, 5) is 17.9. The van der Waals surface area contributed by atoms with Crippen molar-refractivity contribution in [2.45, 2.75) is 26.9 Å². The molecule has 168 valence electrons. The van der Waals surface area contributed by atoms with Gasteiger partial charge in [0.1, 0.15) is 12.4 Å². The van der Waals surface area contributed by atoms with Gasteiger partial charge in [0, 0.05) is 52.0 Å². The molecule has 2 rings (SSSR count). The lowest BCUT2D eigenvalue weighted by molar-refractivity contribution is 0.0827. The molecule has 7 nitrogen and oxygen atoms in total. The standard InChI is InChI=1S/C24H34N4O3/c1-6-30-13-14-31-22-15-18(2)7-10-21(22)17-27-24(25-3)26-16-19-8-11-20(12-9-19)23(29)28(4)5/h7-12,15H,6,13-14,16-17H2,1-5H3,(H2,25,26,27). The molecular weight excluding hydrogens is 392 g/mol. The van der Waals surface area contributed by atoms with Crippen molar-refractivity contribution in [1.82, 2.24) is 15.5 Å². The fourth-order valence-electron chi connectivity index (χ4n) is 2.91. The van der Waals surface area contributed by atoms with Crippen molar-refractivity contribution in [3.8, 4) is 5.75 Å². The van der Waals surface area contributed by atoms with Crippen LogP contribution in [0.15, 0.2) is 47.5 Å². The van der Waals surface area contributed by atoms with Gasteiger partial charge in [0.05, 0.1) is 6.61 Å². The Morgan fingerprint density at radius 1 is 1.03 bits per heavy atom. The zero-order valence-electron chi connectivity index (χ0n) is 19.2. The number of guanidine groups is 1. The van der Waals surface area contributed by atoms with Crippen LogP contribution in [0.2, 0.25) is 0 Å². The summed E-state index contributed by atoms with van der Waals surface area (Å²) < 4.78 is 11.3. The molecule has 2 aromatic carbocycles. The molecule has 0 heterocycles. The highest BCUT2D eigenvalue weighted by Gasteiger charge is 2.08. The number of amides is 1. The van der Waals surface area contributed by atoms with E-state index in [9.17, 15) is 4.79 Å². The third kappa shape index (κ3) is 7.94. The van der Waals surface area contributed by atoms with Gasteiger partial charge in [-0.2, -0.15) is 0 Å². The third-order valence-corrected chi connectivity index (χ3v) is 4.65. The van der Waals surface area contributed by atoms with E-state index in [1.54, 1.807) is 26.0 Å². The van der Waals surface area contributed by atoms with E-state index < -0.39 is 0 Å². The van der Waals surface area contributed by atoms with Gasteiger partial charge < -0.3 is 25.0 Å². The van der Waals surface area contributed by atoms with Crippen molar-refractivity contribution >= 4 is 11.9 Å². The second kappa shape index (κ2) is 12.6. The second-order valence-electron chi connectivity index (χ2n) is 7.33. The Morgan fingerprint density at radius 3 is 2.39 bits per heavy atom. The molecule has 0 aromatic heterocycles. The second-order valence-corrected chi connectivity index (χ2v) is 7.33. The first-order chi connectivity index (χ1) is 14.9. The molecule has 0 atom stereocenters. The number of nitrogens with zero attached hydrogens (tertiary/aromatic N) is 2. The first-order valence-electron chi connectivity index (χ1n) is 10.5.